The van der Waals surface area contributed by atoms with Gasteiger partial charge in [0.05, 0.1) is 6.61 Å². The molecule has 1 heterocycles. The maximum absolute atomic E-state index is 10.9. The van der Waals surface area contributed by atoms with Gasteiger partial charge in [0.1, 0.15) is 0 Å². The Morgan fingerprint density at radius 3 is 2.90 bits per heavy atom. The summed E-state index contributed by atoms with van der Waals surface area (Å²) in [6.07, 6.45) is 4.37. The highest BCUT2D eigenvalue weighted by atomic mass is 16.6. The van der Waals surface area contributed by atoms with Crippen LogP contribution in [-0.2, 0) is 4.74 Å². The zero-order chi connectivity index (χ0) is 7.40. The summed E-state index contributed by atoms with van der Waals surface area (Å²) in [6, 6.07) is 0. The lowest BCUT2D eigenvalue weighted by atomic mass is 10.2. The van der Waals surface area contributed by atoms with Gasteiger partial charge in [-0.2, -0.15) is 4.74 Å². The number of nitrogens with zero attached hydrogens (tertiary/aromatic N) is 1. The molecule has 0 radical (unpaired) electrons. The second-order valence-electron chi connectivity index (χ2n) is 2.44. The van der Waals surface area contributed by atoms with Crippen LogP contribution in [0.3, 0.4) is 0 Å². The van der Waals surface area contributed by atoms with Crippen molar-refractivity contribution in [3.8, 4) is 0 Å². The first-order valence-electron chi connectivity index (χ1n) is 3.71. The summed E-state index contributed by atoms with van der Waals surface area (Å²) >= 11 is 0. The summed E-state index contributed by atoms with van der Waals surface area (Å²) in [5.41, 5.74) is 0. The highest BCUT2D eigenvalue weighted by Crippen LogP contribution is 2.12. The number of hydroxylamine groups is 1. The van der Waals surface area contributed by atoms with Crippen molar-refractivity contribution in [2.75, 3.05) is 6.61 Å². The summed E-state index contributed by atoms with van der Waals surface area (Å²) in [5.74, 6) is 0. The largest absolute Gasteiger partial charge is 0.622 e. The highest BCUT2D eigenvalue weighted by Gasteiger charge is 2.18. The zero-order valence-electron chi connectivity index (χ0n) is 6.25. The normalized spacial score (nSPS) is 28.5. The SMILES string of the molecule is C/C=[N+](\[O-])C1CCCCO1. The van der Waals surface area contributed by atoms with E-state index in [-0.39, 0.29) is 6.23 Å². The first kappa shape index (κ1) is 7.54. The molecule has 0 aliphatic carbocycles. The van der Waals surface area contributed by atoms with Crippen molar-refractivity contribution in [2.24, 2.45) is 0 Å². The molecule has 0 spiro atoms. The minimum atomic E-state index is -0.209. The Morgan fingerprint density at radius 1 is 1.60 bits per heavy atom. The summed E-state index contributed by atoms with van der Waals surface area (Å²) in [7, 11) is 0. The molecule has 1 atom stereocenters. The van der Waals surface area contributed by atoms with Crippen LogP contribution in [0.2, 0.25) is 0 Å². The fourth-order valence-electron chi connectivity index (χ4n) is 1.09. The molecule has 0 N–H and O–H groups in total. The average molecular weight is 143 g/mol. The van der Waals surface area contributed by atoms with Crippen LogP contribution < -0.4 is 0 Å². The van der Waals surface area contributed by atoms with Gasteiger partial charge in [0.25, 0.3) is 6.23 Å². The van der Waals surface area contributed by atoms with Gasteiger partial charge in [0.15, 0.2) is 6.21 Å². The van der Waals surface area contributed by atoms with Crippen LogP contribution in [0.5, 0.6) is 0 Å². The summed E-state index contributed by atoms with van der Waals surface area (Å²) in [6.45, 7) is 2.46. The molecule has 3 nitrogen and oxygen atoms in total. The van der Waals surface area contributed by atoms with Crippen LogP contribution >= 0.6 is 0 Å². The van der Waals surface area contributed by atoms with Gasteiger partial charge in [-0.1, -0.05) is 0 Å². The number of ether oxygens (including phenoxy) is 1. The molecule has 3 heteroatoms. The van der Waals surface area contributed by atoms with E-state index in [1.54, 1.807) is 6.92 Å². The topological polar surface area (TPSA) is 35.3 Å². The summed E-state index contributed by atoms with van der Waals surface area (Å²) in [4.78, 5) is 0. The third-order valence-electron chi connectivity index (χ3n) is 1.69. The maximum Gasteiger partial charge on any atom is 0.267 e. The molecule has 10 heavy (non-hydrogen) atoms. The predicted octanol–water partition coefficient (Wildman–Crippen LogP) is 1.11. The first-order valence-corrected chi connectivity index (χ1v) is 3.71. The Morgan fingerprint density at radius 2 is 2.40 bits per heavy atom. The number of hydrogen-bond donors (Lipinski definition) is 0. The van der Waals surface area contributed by atoms with Crippen LogP contribution in [0, 0.1) is 5.21 Å². The molecule has 0 saturated carbocycles. The Hall–Kier alpha value is -0.570. The van der Waals surface area contributed by atoms with E-state index in [4.69, 9.17) is 4.74 Å². The van der Waals surface area contributed by atoms with Gasteiger partial charge in [-0.05, 0) is 12.8 Å². The van der Waals surface area contributed by atoms with Crippen molar-refractivity contribution in [3.63, 3.8) is 0 Å². The third kappa shape index (κ3) is 1.70. The van der Waals surface area contributed by atoms with Gasteiger partial charge in [-0.3, -0.25) is 0 Å². The number of rotatable bonds is 1. The van der Waals surface area contributed by atoms with Crippen molar-refractivity contribution in [1.82, 2.24) is 0 Å². The summed E-state index contributed by atoms with van der Waals surface area (Å²) < 4.78 is 6.10. The summed E-state index contributed by atoms with van der Waals surface area (Å²) in [5, 5.41) is 10.9. The van der Waals surface area contributed by atoms with E-state index in [9.17, 15) is 5.21 Å². The van der Waals surface area contributed by atoms with Crippen molar-refractivity contribution < 1.29 is 9.48 Å². The zero-order valence-corrected chi connectivity index (χ0v) is 6.25. The van der Waals surface area contributed by atoms with Crippen LogP contribution in [0.25, 0.3) is 0 Å². The molecule has 0 aromatic rings. The Kier molecular flexibility index (Phi) is 2.68. The van der Waals surface area contributed by atoms with Gasteiger partial charge in [-0.15, -0.1) is 0 Å². The van der Waals surface area contributed by atoms with Gasteiger partial charge in [0.2, 0.25) is 0 Å². The van der Waals surface area contributed by atoms with Gasteiger partial charge >= 0.3 is 0 Å². The first-order chi connectivity index (χ1) is 4.84. The van der Waals surface area contributed by atoms with Crippen LogP contribution in [0.4, 0.5) is 0 Å². The van der Waals surface area contributed by atoms with E-state index in [0.29, 0.717) is 0 Å². The minimum absolute atomic E-state index is 0.209. The average Bonchev–Trinajstić information content (AvgIpc) is 2.05. The van der Waals surface area contributed by atoms with Gasteiger partial charge < -0.3 is 9.94 Å². The fraction of sp³-hybridized carbons (Fsp3) is 0.857. The van der Waals surface area contributed by atoms with Gasteiger partial charge in [-0.25, -0.2) is 0 Å². The molecule has 0 aromatic heterocycles. The van der Waals surface area contributed by atoms with Crippen LogP contribution in [-0.4, -0.2) is 23.8 Å². The molecule has 1 saturated heterocycles. The fourth-order valence-corrected chi connectivity index (χ4v) is 1.09. The van der Waals surface area contributed by atoms with Crippen LogP contribution in [0.1, 0.15) is 26.2 Å². The number of hydrogen-bond acceptors (Lipinski definition) is 2. The minimum Gasteiger partial charge on any atom is -0.622 e. The van der Waals surface area contributed by atoms with Crippen molar-refractivity contribution in [2.45, 2.75) is 32.4 Å². The second kappa shape index (κ2) is 3.56. The van der Waals surface area contributed by atoms with Gasteiger partial charge in [0, 0.05) is 13.3 Å². The maximum atomic E-state index is 10.9. The van der Waals surface area contributed by atoms with E-state index >= 15 is 0 Å². The predicted molar refractivity (Wildman–Crippen MR) is 39.0 cm³/mol. The van der Waals surface area contributed by atoms with Crippen molar-refractivity contribution in [3.05, 3.63) is 5.21 Å². The molecule has 1 unspecified atom stereocenters. The molecule has 0 bridgehead atoms. The molecule has 1 aliphatic rings. The molecule has 0 aromatic carbocycles. The third-order valence-corrected chi connectivity index (χ3v) is 1.69. The molecule has 58 valence electrons. The molecule has 1 fully saturated rings. The Labute approximate surface area is 60.9 Å². The molecular weight excluding hydrogens is 130 g/mol. The monoisotopic (exact) mass is 143 g/mol. The van der Waals surface area contributed by atoms with E-state index in [0.717, 1.165) is 30.6 Å². The smallest absolute Gasteiger partial charge is 0.267 e. The van der Waals surface area contributed by atoms with Crippen molar-refractivity contribution in [1.29, 1.82) is 0 Å². The molecular formula is C7H13NO2. The van der Waals surface area contributed by atoms with Crippen molar-refractivity contribution >= 4 is 6.21 Å². The lowest BCUT2D eigenvalue weighted by molar-refractivity contribution is -0.559. The van der Waals surface area contributed by atoms with E-state index in [1.165, 1.54) is 6.21 Å². The molecule has 0 amide bonds. The highest BCUT2D eigenvalue weighted by molar-refractivity contribution is 5.46. The lowest BCUT2D eigenvalue weighted by Crippen LogP contribution is -2.28. The van der Waals surface area contributed by atoms with E-state index < -0.39 is 0 Å². The lowest BCUT2D eigenvalue weighted by Gasteiger charge is -2.20. The molecule has 1 aliphatic heterocycles. The Bertz CT molecular complexity index is 128. The van der Waals surface area contributed by atoms with Crippen LogP contribution in [0.15, 0.2) is 0 Å². The van der Waals surface area contributed by atoms with E-state index in [1.807, 2.05) is 0 Å². The second-order valence-corrected chi connectivity index (χ2v) is 2.44. The quantitative estimate of drug-likeness (QED) is 0.238. The molecule has 1 rings (SSSR count). The standard InChI is InChI=1S/C7H13NO2/c1-2-8(9)7-5-3-4-6-10-7/h2,7H,3-6H2,1H3/b8-2-. The Balaban J connectivity index is 2.39. The van der Waals surface area contributed by atoms with E-state index in [2.05, 4.69) is 0 Å².